The lowest BCUT2D eigenvalue weighted by atomic mass is 9.86. The van der Waals surface area contributed by atoms with Gasteiger partial charge >= 0.3 is 5.97 Å². The van der Waals surface area contributed by atoms with E-state index in [-0.39, 0.29) is 29.3 Å². The van der Waals surface area contributed by atoms with Crippen molar-refractivity contribution in [3.63, 3.8) is 0 Å². The second-order valence-electron chi connectivity index (χ2n) is 8.85. The van der Waals surface area contributed by atoms with Gasteiger partial charge in [0.25, 0.3) is 0 Å². The van der Waals surface area contributed by atoms with E-state index in [2.05, 4.69) is 6.92 Å². The number of unbranched alkanes of at least 4 members (excludes halogenated alkanes) is 1. The number of hydrogen-bond acceptors (Lipinski definition) is 5. The molecule has 2 fully saturated rings. The molecule has 0 saturated heterocycles. The van der Waals surface area contributed by atoms with Crippen molar-refractivity contribution >= 4 is 5.97 Å². The summed E-state index contributed by atoms with van der Waals surface area (Å²) in [6.45, 7) is 3.87. The molecule has 0 atom stereocenters. The Morgan fingerprint density at radius 2 is 1.74 bits per heavy atom. The van der Waals surface area contributed by atoms with Crippen LogP contribution in [0.3, 0.4) is 0 Å². The average molecular weight is 432 g/mol. The summed E-state index contributed by atoms with van der Waals surface area (Å²) >= 11 is 0. The van der Waals surface area contributed by atoms with Gasteiger partial charge in [-0.3, -0.25) is 4.79 Å². The molecule has 2 saturated carbocycles. The first-order valence-corrected chi connectivity index (χ1v) is 11.7. The number of halogens is 1. The molecule has 31 heavy (non-hydrogen) atoms. The molecule has 3 rings (SSSR count). The highest BCUT2D eigenvalue weighted by Gasteiger charge is 2.29. The van der Waals surface area contributed by atoms with Crippen LogP contribution in [-0.4, -0.2) is 31.4 Å². The molecule has 0 spiro atoms. The first-order valence-electron chi connectivity index (χ1n) is 11.7. The monoisotopic (exact) mass is 431 g/mol. The van der Waals surface area contributed by atoms with Crippen molar-refractivity contribution in [2.24, 2.45) is 11.8 Å². The molecule has 1 aromatic carbocycles. The zero-order valence-electron chi connectivity index (χ0n) is 18.5. The van der Waals surface area contributed by atoms with E-state index in [1.54, 1.807) is 6.07 Å². The van der Waals surface area contributed by atoms with Crippen LogP contribution in [0.25, 0.3) is 0 Å². The number of rotatable bonds is 9. The summed E-state index contributed by atoms with van der Waals surface area (Å²) in [5.41, 5.74) is -0.0602. The van der Waals surface area contributed by atoms with Crippen LogP contribution in [0.5, 0.6) is 5.75 Å². The Morgan fingerprint density at radius 1 is 1.06 bits per heavy atom. The Kier molecular flexibility index (Phi) is 9.30. The highest BCUT2D eigenvalue weighted by molar-refractivity contribution is 5.75. The zero-order chi connectivity index (χ0) is 22.1. The van der Waals surface area contributed by atoms with Gasteiger partial charge in [-0.15, -0.1) is 0 Å². The van der Waals surface area contributed by atoms with Crippen LogP contribution < -0.4 is 4.74 Å². The van der Waals surface area contributed by atoms with Crippen molar-refractivity contribution in [1.82, 2.24) is 0 Å². The molecule has 0 amide bonds. The Labute approximate surface area is 184 Å². The van der Waals surface area contributed by atoms with Crippen molar-refractivity contribution in [2.75, 3.05) is 13.2 Å². The van der Waals surface area contributed by atoms with E-state index in [0.29, 0.717) is 12.0 Å². The van der Waals surface area contributed by atoms with Gasteiger partial charge in [0.2, 0.25) is 0 Å². The molecule has 0 heterocycles. The van der Waals surface area contributed by atoms with Crippen molar-refractivity contribution in [3.8, 4) is 11.8 Å². The highest BCUT2D eigenvalue weighted by atomic mass is 19.1. The molecule has 0 radical (unpaired) electrons. The van der Waals surface area contributed by atoms with E-state index in [0.717, 1.165) is 64.2 Å². The third-order valence-electron chi connectivity index (χ3n) is 6.50. The standard InChI is InChI=1S/C25H34FNO4/c1-2-3-14-29-21-9-4-18(5-10-21)17-30-22-11-6-19(7-12-22)25(28)31-23-13-8-20(16-27)24(26)15-23/h8,13,15,18-19,21-22H,2-7,9-12,14,17H2,1H3/t18-,19-,21-,22-. The quantitative estimate of drug-likeness (QED) is 0.291. The summed E-state index contributed by atoms with van der Waals surface area (Å²) in [4.78, 5) is 12.4. The van der Waals surface area contributed by atoms with Crippen LogP contribution in [0.4, 0.5) is 4.39 Å². The molecule has 170 valence electrons. The van der Waals surface area contributed by atoms with E-state index < -0.39 is 5.82 Å². The highest BCUT2D eigenvalue weighted by Crippen LogP contribution is 2.31. The second-order valence-corrected chi connectivity index (χ2v) is 8.85. The molecular weight excluding hydrogens is 397 g/mol. The summed E-state index contributed by atoms with van der Waals surface area (Å²) in [5, 5.41) is 8.78. The maximum absolute atomic E-state index is 13.7. The Morgan fingerprint density at radius 3 is 2.39 bits per heavy atom. The third-order valence-corrected chi connectivity index (χ3v) is 6.50. The fourth-order valence-corrected chi connectivity index (χ4v) is 4.45. The number of carbonyl (C=O) groups is 1. The fourth-order valence-electron chi connectivity index (χ4n) is 4.45. The predicted molar refractivity (Wildman–Crippen MR) is 115 cm³/mol. The maximum Gasteiger partial charge on any atom is 0.314 e. The fraction of sp³-hybridized carbons (Fsp3) is 0.680. The predicted octanol–water partition coefficient (Wildman–Crippen LogP) is 5.55. The topological polar surface area (TPSA) is 68.6 Å². The van der Waals surface area contributed by atoms with E-state index in [4.69, 9.17) is 19.5 Å². The number of esters is 1. The van der Waals surface area contributed by atoms with Crippen molar-refractivity contribution in [1.29, 1.82) is 5.26 Å². The third kappa shape index (κ3) is 7.29. The van der Waals surface area contributed by atoms with Gasteiger partial charge in [-0.05, 0) is 75.8 Å². The Balaban J connectivity index is 1.32. The first-order chi connectivity index (χ1) is 15.1. The average Bonchev–Trinajstić information content (AvgIpc) is 2.79. The molecule has 5 nitrogen and oxygen atoms in total. The minimum Gasteiger partial charge on any atom is -0.426 e. The van der Waals surface area contributed by atoms with Crippen LogP contribution in [-0.2, 0) is 14.3 Å². The summed E-state index contributed by atoms with van der Waals surface area (Å²) in [7, 11) is 0. The van der Waals surface area contributed by atoms with Gasteiger partial charge in [-0.2, -0.15) is 5.26 Å². The summed E-state index contributed by atoms with van der Waals surface area (Å²) in [6.07, 6.45) is 10.7. The normalized spacial score (nSPS) is 26.2. The van der Waals surface area contributed by atoms with Crippen LogP contribution >= 0.6 is 0 Å². The molecule has 6 heteroatoms. The second kappa shape index (κ2) is 12.2. The summed E-state index contributed by atoms with van der Waals surface area (Å²) < 4.78 is 31.1. The van der Waals surface area contributed by atoms with E-state index in [1.165, 1.54) is 31.4 Å². The van der Waals surface area contributed by atoms with Gasteiger partial charge in [-0.1, -0.05) is 13.3 Å². The van der Waals surface area contributed by atoms with Gasteiger partial charge in [0, 0.05) is 19.3 Å². The zero-order valence-corrected chi connectivity index (χ0v) is 18.5. The number of nitriles is 1. The Bertz CT molecular complexity index is 746. The molecule has 0 aliphatic heterocycles. The lowest BCUT2D eigenvalue weighted by molar-refractivity contribution is -0.141. The summed E-state index contributed by atoms with van der Waals surface area (Å²) in [5.74, 6) is -0.432. The minimum atomic E-state index is -0.675. The van der Waals surface area contributed by atoms with Gasteiger partial charge < -0.3 is 14.2 Å². The van der Waals surface area contributed by atoms with Gasteiger partial charge in [0.15, 0.2) is 0 Å². The van der Waals surface area contributed by atoms with Crippen LogP contribution in [0.15, 0.2) is 18.2 Å². The molecule has 0 bridgehead atoms. The minimum absolute atomic E-state index is 0.0602. The van der Waals surface area contributed by atoms with E-state index in [1.807, 2.05) is 0 Å². The van der Waals surface area contributed by atoms with Crippen molar-refractivity contribution in [2.45, 2.75) is 83.3 Å². The molecule has 2 aliphatic carbocycles. The molecular formula is C25H34FNO4. The largest absolute Gasteiger partial charge is 0.426 e. The van der Waals surface area contributed by atoms with E-state index >= 15 is 0 Å². The number of nitrogens with zero attached hydrogens (tertiary/aromatic N) is 1. The van der Waals surface area contributed by atoms with Crippen molar-refractivity contribution < 1.29 is 23.4 Å². The lowest BCUT2D eigenvalue weighted by Crippen LogP contribution is -2.31. The molecule has 0 aromatic heterocycles. The lowest BCUT2D eigenvalue weighted by Gasteiger charge is -2.31. The number of ether oxygens (including phenoxy) is 3. The van der Waals surface area contributed by atoms with Crippen molar-refractivity contribution in [3.05, 3.63) is 29.6 Å². The molecule has 2 aliphatic rings. The van der Waals surface area contributed by atoms with Crippen LogP contribution in [0.1, 0.15) is 76.7 Å². The van der Waals surface area contributed by atoms with Gasteiger partial charge in [0.05, 0.1) is 23.7 Å². The smallest absolute Gasteiger partial charge is 0.314 e. The van der Waals surface area contributed by atoms with Crippen LogP contribution in [0, 0.1) is 29.0 Å². The SMILES string of the molecule is CCCCO[C@H]1CC[C@H](CO[C@H]2CC[C@H](C(=O)Oc3ccc(C#N)c(F)c3)CC2)CC1. The molecule has 1 aromatic rings. The Hall–Kier alpha value is -1.97. The first kappa shape index (κ1) is 23.7. The summed E-state index contributed by atoms with van der Waals surface area (Å²) in [6, 6.07) is 5.63. The maximum atomic E-state index is 13.7. The molecule has 0 N–H and O–H groups in total. The molecule has 0 unspecified atom stereocenters. The van der Waals surface area contributed by atoms with E-state index in [9.17, 15) is 9.18 Å². The van der Waals surface area contributed by atoms with Crippen LogP contribution in [0.2, 0.25) is 0 Å². The van der Waals surface area contributed by atoms with Gasteiger partial charge in [-0.25, -0.2) is 4.39 Å². The number of carbonyl (C=O) groups excluding carboxylic acids is 1. The number of benzene rings is 1. The van der Waals surface area contributed by atoms with Gasteiger partial charge in [0.1, 0.15) is 17.6 Å². The number of hydrogen-bond donors (Lipinski definition) is 0.